The Balaban J connectivity index is 2.12. The number of carboxylic acids is 1. The Bertz CT molecular complexity index is 794. The summed E-state index contributed by atoms with van der Waals surface area (Å²) in [5.41, 5.74) is 0.842. The van der Waals surface area contributed by atoms with E-state index < -0.39 is 11.9 Å². The van der Waals surface area contributed by atoms with Crippen LogP contribution >= 0.6 is 11.3 Å². The number of ether oxygens (including phenoxy) is 2. The number of carbonyl (C=O) groups excluding carboxylic acids is 1. The molecule has 1 amide bonds. The molecule has 2 rings (SSSR count). The maximum Gasteiger partial charge on any atom is 0.338 e. The zero-order chi connectivity index (χ0) is 17.7. The van der Waals surface area contributed by atoms with Crippen LogP contribution in [0, 0.1) is 6.92 Å². The second-order valence-corrected chi connectivity index (χ2v) is 6.10. The first kappa shape index (κ1) is 17.6. The van der Waals surface area contributed by atoms with Crippen LogP contribution in [0.2, 0.25) is 0 Å². The molecule has 1 heterocycles. The molecule has 0 saturated carbocycles. The Morgan fingerprint density at radius 2 is 1.88 bits per heavy atom. The van der Waals surface area contributed by atoms with E-state index in [-0.39, 0.29) is 5.56 Å². The molecule has 0 aliphatic rings. The summed E-state index contributed by atoms with van der Waals surface area (Å²) >= 11 is 1.22. The molecule has 1 aromatic carbocycles. The van der Waals surface area contributed by atoms with Crippen molar-refractivity contribution in [2.24, 2.45) is 0 Å². The minimum absolute atomic E-state index is 0.0883. The number of anilines is 1. The first-order chi connectivity index (χ1) is 11.4. The maximum absolute atomic E-state index is 12.0. The molecular weight excluding hydrogens is 330 g/mol. The average molecular weight is 347 g/mol. The Morgan fingerprint density at radius 1 is 1.17 bits per heavy atom. The Kier molecular flexibility index (Phi) is 5.59. The molecule has 0 fully saturated rings. The molecular formula is C17H17NO5S. The summed E-state index contributed by atoms with van der Waals surface area (Å²) in [6, 6.07) is 6.78. The van der Waals surface area contributed by atoms with Crippen molar-refractivity contribution in [1.29, 1.82) is 0 Å². The van der Waals surface area contributed by atoms with E-state index in [1.165, 1.54) is 30.6 Å². The van der Waals surface area contributed by atoms with Crippen LogP contribution in [0.25, 0.3) is 6.08 Å². The fourth-order valence-electron chi connectivity index (χ4n) is 2.05. The van der Waals surface area contributed by atoms with Gasteiger partial charge in [0.2, 0.25) is 5.91 Å². The van der Waals surface area contributed by atoms with Gasteiger partial charge in [-0.25, -0.2) is 4.79 Å². The van der Waals surface area contributed by atoms with Gasteiger partial charge in [0.05, 0.1) is 19.8 Å². The number of benzene rings is 1. The summed E-state index contributed by atoms with van der Waals surface area (Å²) in [6.45, 7) is 1.78. The molecule has 1 aromatic heterocycles. The van der Waals surface area contributed by atoms with Crippen LogP contribution < -0.4 is 14.8 Å². The van der Waals surface area contributed by atoms with Crippen molar-refractivity contribution in [3.63, 3.8) is 0 Å². The third-order valence-electron chi connectivity index (χ3n) is 3.16. The van der Waals surface area contributed by atoms with Crippen LogP contribution in [0.15, 0.2) is 30.3 Å². The van der Waals surface area contributed by atoms with Gasteiger partial charge < -0.3 is 19.9 Å². The van der Waals surface area contributed by atoms with E-state index in [0.717, 1.165) is 10.4 Å². The predicted molar refractivity (Wildman–Crippen MR) is 93.2 cm³/mol. The van der Waals surface area contributed by atoms with E-state index in [2.05, 4.69) is 5.32 Å². The van der Waals surface area contributed by atoms with E-state index in [0.29, 0.717) is 16.5 Å². The summed E-state index contributed by atoms with van der Waals surface area (Å²) in [4.78, 5) is 24.0. The number of hydrogen-bond donors (Lipinski definition) is 2. The van der Waals surface area contributed by atoms with Crippen LogP contribution in [0.3, 0.4) is 0 Å². The van der Waals surface area contributed by atoms with E-state index >= 15 is 0 Å². The number of carbonyl (C=O) groups is 2. The van der Waals surface area contributed by atoms with Crippen molar-refractivity contribution in [2.45, 2.75) is 6.92 Å². The normalized spacial score (nSPS) is 10.6. The largest absolute Gasteiger partial charge is 0.493 e. The molecule has 7 heteroatoms. The van der Waals surface area contributed by atoms with Gasteiger partial charge in [0, 0.05) is 11.0 Å². The first-order valence-electron chi connectivity index (χ1n) is 6.99. The number of aromatic carboxylic acids is 1. The first-order valence-corrected chi connectivity index (χ1v) is 7.81. The van der Waals surface area contributed by atoms with Crippen LogP contribution in [0.5, 0.6) is 11.5 Å². The molecule has 2 N–H and O–H groups in total. The maximum atomic E-state index is 12.0. The van der Waals surface area contributed by atoms with E-state index in [4.69, 9.17) is 14.6 Å². The smallest absolute Gasteiger partial charge is 0.338 e. The predicted octanol–water partition coefficient (Wildman–Crippen LogP) is 3.42. The highest BCUT2D eigenvalue weighted by Gasteiger charge is 2.14. The number of amides is 1. The second kappa shape index (κ2) is 7.65. The van der Waals surface area contributed by atoms with Gasteiger partial charge in [0.1, 0.15) is 5.00 Å². The van der Waals surface area contributed by atoms with Gasteiger partial charge in [-0.1, -0.05) is 6.07 Å². The Hall–Kier alpha value is -2.80. The number of thiophene rings is 1. The second-order valence-electron chi connectivity index (χ2n) is 4.84. The zero-order valence-electron chi connectivity index (χ0n) is 13.5. The Labute approximate surface area is 143 Å². The van der Waals surface area contributed by atoms with Gasteiger partial charge in [0.15, 0.2) is 11.5 Å². The summed E-state index contributed by atoms with van der Waals surface area (Å²) in [6.07, 6.45) is 2.94. The van der Waals surface area contributed by atoms with E-state index in [1.54, 1.807) is 38.3 Å². The van der Waals surface area contributed by atoms with Crippen molar-refractivity contribution >= 4 is 34.3 Å². The van der Waals surface area contributed by atoms with Gasteiger partial charge in [0.25, 0.3) is 0 Å². The quantitative estimate of drug-likeness (QED) is 0.782. The number of carboxylic acid groups (broad SMARTS) is 1. The molecule has 0 spiro atoms. The minimum Gasteiger partial charge on any atom is -0.493 e. The van der Waals surface area contributed by atoms with Gasteiger partial charge in [-0.05, 0) is 36.8 Å². The van der Waals surface area contributed by atoms with E-state index in [9.17, 15) is 9.59 Å². The van der Waals surface area contributed by atoms with Crippen molar-refractivity contribution in [3.05, 3.63) is 46.3 Å². The molecule has 24 heavy (non-hydrogen) atoms. The molecule has 0 saturated heterocycles. The molecule has 0 radical (unpaired) electrons. The molecule has 0 bridgehead atoms. The van der Waals surface area contributed by atoms with E-state index in [1.807, 2.05) is 0 Å². The lowest BCUT2D eigenvalue weighted by Crippen LogP contribution is -2.09. The Morgan fingerprint density at radius 3 is 2.50 bits per heavy atom. The molecule has 126 valence electrons. The zero-order valence-corrected chi connectivity index (χ0v) is 14.3. The van der Waals surface area contributed by atoms with Crippen LogP contribution in [0.1, 0.15) is 20.8 Å². The lowest BCUT2D eigenvalue weighted by molar-refractivity contribution is -0.111. The highest BCUT2D eigenvalue weighted by molar-refractivity contribution is 7.16. The highest BCUT2D eigenvalue weighted by Crippen LogP contribution is 2.29. The molecule has 0 aliphatic heterocycles. The molecule has 0 unspecified atom stereocenters. The summed E-state index contributed by atoms with van der Waals surface area (Å²) in [5.74, 6) is -0.325. The average Bonchev–Trinajstić information content (AvgIpc) is 2.93. The topological polar surface area (TPSA) is 84.9 Å². The fourth-order valence-corrected chi connectivity index (χ4v) is 2.95. The lowest BCUT2D eigenvalue weighted by atomic mass is 10.2. The minimum atomic E-state index is -1.07. The summed E-state index contributed by atoms with van der Waals surface area (Å²) in [5, 5.41) is 12.0. The third kappa shape index (κ3) is 4.14. The van der Waals surface area contributed by atoms with Crippen molar-refractivity contribution < 1.29 is 24.2 Å². The number of hydrogen-bond acceptors (Lipinski definition) is 5. The monoisotopic (exact) mass is 347 g/mol. The number of methoxy groups -OCH3 is 2. The van der Waals surface area contributed by atoms with Gasteiger partial charge in [-0.2, -0.15) is 0 Å². The molecule has 2 aromatic rings. The number of nitrogens with one attached hydrogen (secondary N) is 1. The third-order valence-corrected chi connectivity index (χ3v) is 4.12. The lowest BCUT2D eigenvalue weighted by Gasteiger charge is -2.07. The van der Waals surface area contributed by atoms with Crippen molar-refractivity contribution in [3.8, 4) is 11.5 Å². The van der Waals surface area contributed by atoms with Crippen LogP contribution in [0.4, 0.5) is 5.00 Å². The summed E-state index contributed by atoms with van der Waals surface area (Å²) in [7, 11) is 3.08. The molecule has 0 atom stereocenters. The van der Waals surface area contributed by atoms with Crippen molar-refractivity contribution in [1.82, 2.24) is 0 Å². The van der Waals surface area contributed by atoms with Gasteiger partial charge in [-0.3, -0.25) is 4.79 Å². The van der Waals surface area contributed by atoms with Gasteiger partial charge >= 0.3 is 5.97 Å². The van der Waals surface area contributed by atoms with Gasteiger partial charge in [-0.15, -0.1) is 11.3 Å². The van der Waals surface area contributed by atoms with Crippen molar-refractivity contribution in [2.75, 3.05) is 19.5 Å². The molecule has 0 aliphatic carbocycles. The summed E-state index contributed by atoms with van der Waals surface area (Å²) < 4.78 is 10.4. The van der Waals surface area contributed by atoms with Crippen LogP contribution in [-0.2, 0) is 4.79 Å². The van der Waals surface area contributed by atoms with Crippen LogP contribution in [-0.4, -0.2) is 31.2 Å². The molecule has 6 nitrogen and oxygen atoms in total. The standard InChI is InChI=1S/C17H17NO5S/c1-10-8-12(17(20)21)16(24-10)18-15(19)7-5-11-4-6-13(22-2)14(9-11)23-3/h4-9H,1-3H3,(H,18,19)(H,20,21)/b7-5+. The fraction of sp³-hybridized carbons (Fsp3) is 0.176. The highest BCUT2D eigenvalue weighted by atomic mass is 32.1. The number of aryl methyl sites for hydroxylation is 1. The number of rotatable bonds is 6. The SMILES string of the molecule is COc1ccc(/C=C/C(=O)Nc2sc(C)cc2C(=O)O)cc1OC.